The number of nitrogens with one attached hydrogen (secondary N) is 1. The van der Waals surface area contributed by atoms with E-state index < -0.39 is 0 Å². The van der Waals surface area contributed by atoms with Gasteiger partial charge in [0.1, 0.15) is 0 Å². The van der Waals surface area contributed by atoms with Crippen LogP contribution in [0.15, 0.2) is 48.8 Å². The molecule has 0 spiro atoms. The van der Waals surface area contributed by atoms with E-state index in [2.05, 4.69) is 60.5 Å². The quantitative estimate of drug-likeness (QED) is 0.764. The van der Waals surface area contributed by atoms with Gasteiger partial charge in [0.25, 0.3) is 0 Å². The molecule has 0 unspecified atom stereocenters. The molecule has 0 saturated heterocycles. The monoisotopic (exact) mass is 282 g/mol. The maximum Gasteiger partial charge on any atom is 0.0352 e. The van der Waals surface area contributed by atoms with Gasteiger partial charge in [-0.25, -0.2) is 0 Å². The molecule has 1 N–H and O–H groups in total. The highest BCUT2D eigenvalue weighted by molar-refractivity contribution is 7.15. The topological polar surface area (TPSA) is 24.9 Å². The summed E-state index contributed by atoms with van der Waals surface area (Å²) in [5, 5.41) is 5.93. The van der Waals surface area contributed by atoms with Gasteiger partial charge in [0.15, 0.2) is 0 Å². The van der Waals surface area contributed by atoms with Crippen molar-refractivity contribution in [2.24, 2.45) is 0 Å². The summed E-state index contributed by atoms with van der Waals surface area (Å²) in [6.45, 7) is 5.28. The molecule has 0 aliphatic carbocycles. The molecular formula is C17H18N2S. The number of benzene rings is 1. The van der Waals surface area contributed by atoms with Crippen molar-refractivity contribution in [1.82, 2.24) is 10.3 Å². The van der Waals surface area contributed by atoms with Crippen molar-refractivity contribution in [3.8, 4) is 10.4 Å². The number of aromatic nitrogens is 1. The minimum atomic E-state index is 0.518. The number of thiophene rings is 1. The van der Waals surface area contributed by atoms with Crippen molar-refractivity contribution >= 4 is 22.1 Å². The van der Waals surface area contributed by atoms with Crippen LogP contribution in [-0.2, 0) is 6.54 Å². The van der Waals surface area contributed by atoms with Gasteiger partial charge >= 0.3 is 0 Å². The molecular weight excluding hydrogens is 264 g/mol. The number of hydrogen-bond donors (Lipinski definition) is 1. The fourth-order valence-corrected chi connectivity index (χ4v) is 3.26. The normalized spacial score (nSPS) is 11.3. The largest absolute Gasteiger partial charge is 0.310 e. The van der Waals surface area contributed by atoms with Crippen LogP contribution in [0.25, 0.3) is 21.2 Å². The molecule has 2 heterocycles. The highest BCUT2D eigenvalue weighted by Gasteiger charge is 2.07. The molecule has 0 fully saturated rings. The maximum absolute atomic E-state index is 4.20. The van der Waals surface area contributed by atoms with Crippen LogP contribution in [0.1, 0.15) is 18.7 Å². The van der Waals surface area contributed by atoms with Crippen LogP contribution >= 0.6 is 11.3 Å². The fraction of sp³-hybridized carbons (Fsp3) is 0.235. The molecule has 0 saturated carbocycles. The van der Waals surface area contributed by atoms with E-state index in [0.29, 0.717) is 6.04 Å². The van der Waals surface area contributed by atoms with Crippen molar-refractivity contribution in [2.75, 3.05) is 0 Å². The van der Waals surface area contributed by atoms with E-state index >= 15 is 0 Å². The average Bonchev–Trinajstić information content (AvgIpc) is 2.93. The van der Waals surface area contributed by atoms with Crippen LogP contribution in [0.5, 0.6) is 0 Å². The Kier molecular flexibility index (Phi) is 3.81. The Hall–Kier alpha value is -1.71. The fourth-order valence-electron chi connectivity index (χ4n) is 2.26. The van der Waals surface area contributed by atoms with Gasteiger partial charge in [-0.15, -0.1) is 11.3 Å². The second-order valence-electron chi connectivity index (χ2n) is 5.20. The third kappa shape index (κ3) is 2.74. The smallest absolute Gasteiger partial charge is 0.0352 e. The molecule has 2 nitrogen and oxygen atoms in total. The Labute approximate surface area is 123 Å². The Bertz CT molecular complexity index is 710. The summed E-state index contributed by atoms with van der Waals surface area (Å²) in [6, 6.07) is 13.5. The van der Waals surface area contributed by atoms with E-state index in [4.69, 9.17) is 0 Å². The lowest BCUT2D eigenvalue weighted by molar-refractivity contribution is 0.593. The Morgan fingerprint density at radius 2 is 2.05 bits per heavy atom. The molecule has 102 valence electrons. The summed E-state index contributed by atoms with van der Waals surface area (Å²) in [5.41, 5.74) is 1.30. The molecule has 0 amide bonds. The predicted octanol–water partition coefficient (Wildman–Crippen LogP) is 4.46. The number of pyridine rings is 1. The summed E-state index contributed by atoms with van der Waals surface area (Å²) in [4.78, 5) is 6.89. The Balaban J connectivity index is 1.95. The second kappa shape index (κ2) is 5.73. The minimum absolute atomic E-state index is 0.518. The van der Waals surface area contributed by atoms with Gasteiger partial charge in [0.05, 0.1) is 0 Å². The third-order valence-corrected chi connectivity index (χ3v) is 4.41. The van der Waals surface area contributed by atoms with Crippen LogP contribution in [-0.4, -0.2) is 11.0 Å². The first kappa shape index (κ1) is 13.3. The standard InChI is InChI=1S/C17H18N2S/c1-12(2)19-11-14-6-7-17(20-14)16-5-3-4-13-10-18-9-8-15(13)16/h3-10,12,19H,11H2,1-2H3. The number of hydrogen-bond acceptors (Lipinski definition) is 3. The van der Waals surface area contributed by atoms with Crippen molar-refractivity contribution < 1.29 is 0 Å². The van der Waals surface area contributed by atoms with Gasteiger partial charge < -0.3 is 5.32 Å². The molecule has 1 aromatic carbocycles. The number of nitrogens with zero attached hydrogens (tertiary/aromatic N) is 1. The zero-order valence-electron chi connectivity index (χ0n) is 11.8. The Morgan fingerprint density at radius 1 is 1.15 bits per heavy atom. The average molecular weight is 282 g/mol. The summed E-state index contributed by atoms with van der Waals surface area (Å²) in [7, 11) is 0. The van der Waals surface area contributed by atoms with Gasteiger partial charge in [-0.1, -0.05) is 32.0 Å². The SMILES string of the molecule is CC(C)NCc1ccc(-c2cccc3cnccc23)s1. The second-order valence-corrected chi connectivity index (χ2v) is 6.37. The predicted molar refractivity (Wildman–Crippen MR) is 87.0 cm³/mol. The van der Waals surface area contributed by atoms with Crippen molar-refractivity contribution in [3.63, 3.8) is 0 Å². The van der Waals surface area contributed by atoms with Crippen molar-refractivity contribution in [3.05, 3.63) is 53.7 Å². The summed E-state index contributed by atoms with van der Waals surface area (Å²) in [5.74, 6) is 0. The van der Waals surface area contributed by atoms with E-state index in [0.717, 1.165) is 6.54 Å². The first-order chi connectivity index (χ1) is 9.74. The van der Waals surface area contributed by atoms with Gasteiger partial charge in [0, 0.05) is 40.1 Å². The lowest BCUT2D eigenvalue weighted by Gasteiger charge is -2.06. The van der Waals surface area contributed by atoms with Gasteiger partial charge in [0.2, 0.25) is 0 Å². The third-order valence-electron chi connectivity index (χ3n) is 3.29. The zero-order valence-corrected chi connectivity index (χ0v) is 12.6. The van der Waals surface area contributed by atoms with Crippen LogP contribution in [0, 0.1) is 0 Å². The van der Waals surface area contributed by atoms with Gasteiger partial charge in [-0.3, -0.25) is 4.98 Å². The highest BCUT2D eigenvalue weighted by Crippen LogP contribution is 2.33. The zero-order chi connectivity index (χ0) is 13.9. The first-order valence-corrected chi connectivity index (χ1v) is 7.71. The summed E-state index contributed by atoms with van der Waals surface area (Å²) < 4.78 is 0. The van der Waals surface area contributed by atoms with Crippen molar-refractivity contribution in [1.29, 1.82) is 0 Å². The summed E-state index contributed by atoms with van der Waals surface area (Å²) in [6.07, 6.45) is 3.79. The molecule has 0 radical (unpaired) electrons. The molecule has 0 bridgehead atoms. The molecule has 3 heteroatoms. The molecule has 0 aliphatic heterocycles. The van der Waals surface area contributed by atoms with Gasteiger partial charge in [-0.2, -0.15) is 0 Å². The molecule has 0 aliphatic rings. The Morgan fingerprint density at radius 3 is 2.90 bits per heavy atom. The molecule has 3 aromatic rings. The van der Waals surface area contributed by atoms with E-state index in [1.807, 2.05) is 23.7 Å². The minimum Gasteiger partial charge on any atom is -0.310 e. The van der Waals surface area contributed by atoms with E-state index in [-0.39, 0.29) is 0 Å². The lowest BCUT2D eigenvalue weighted by Crippen LogP contribution is -2.21. The van der Waals surface area contributed by atoms with Crippen LogP contribution in [0.4, 0.5) is 0 Å². The summed E-state index contributed by atoms with van der Waals surface area (Å²) >= 11 is 1.86. The molecule has 0 atom stereocenters. The number of fused-ring (bicyclic) bond motifs is 1. The number of rotatable bonds is 4. The van der Waals surface area contributed by atoms with Crippen LogP contribution in [0.2, 0.25) is 0 Å². The van der Waals surface area contributed by atoms with Gasteiger partial charge in [-0.05, 0) is 29.1 Å². The van der Waals surface area contributed by atoms with Crippen molar-refractivity contribution in [2.45, 2.75) is 26.4 Å². The first-order valence-electron chi connectivity index (χ1n) is 6.89. The van der Waals surface area contributed by atoms with Crippen LogP contribution < -0.4 is 5.32 Å². The molecule has 2 aromatic heterocycles. The molecule has 3 rings (SSSR count). The van der Waals surface area contributed by atoms with E-state index in [1.165, 1.54) is 26.1 Å². The van der Waals surface area contributed by atoms with Crippen LogP contribution in [0.3, 0.4) is 0 Å². The molecule has 20 heavy (non-hydrogen) atoms. The highest BCUT2D eigenvalue weighted by atomic mass is 32.1. The van der Waals surface area contributed by atoms with E-state index in [1.54, 1.807) is 0 Å². The van der Waals surface area contributed by atoms with E-state index in [9.17, 15) is 0 Å². The lowest BCUT2D eigenvalue weighted by atomic mass is 10.1. The maximum atomic E-state index is 4.20.